The van der Waals surface area contributed by atoms with Crippen LogP contribution < -0.4 is 0 Å². The van der Waals surface area contributed by atoms with Gasteiger partial charge in [0, 0.05) is 104 Å². The van der Waals surface area contributed by atoms with Gasteiger partial charge in [-0.1, -0.05) is 6.61 Å². The van der Waals surface area contributed by atoms with Gasteiger partial charge in [0.25, 0.3) is 0 Å². The summed E-state index contributed by atoms with van der Waals surface area (Å²) in [6, 6.07) is 0. The largest absolute Gasteiger partial charge is 0.413 e. The van der Waals surface area contributed by atoms with E-state index in [9.17, 15) is 0 Å². The fourth-order valence-corrected chi connectivity index (χ4v) is 0.603. The van der Waals surface area contributed by atoms with E-state index in [-0.39, 0.29) is 98.1 Å². The number of hydrogen-bond donors (Lipinski definition) is 0. The summed E-state index contributed by atoms with van der Waals surface area (Å²) in [7, 11) is 0. The SMILES string of the molecule is CC1C[CH-]CO1.[Y].[Y].[Y]. The van der Waals surface area contributed by atoms with Gasteiger partial charge in [-0.05, 0) is 6.92 Å². The van der Waals surface area contributed by atoms with E-state index in [1.54, 1.807) is 0 Å². The molecule has 0 bridgehead atoms. The average molecular weight is 352 g/mol. The van der Waals surface area contributed by atoms with Crippen LogP contribution in [0.5, 0.6) is 0 Å². The molecule has 0 saturated carbocycles. The van der Waals surface area contributed by atoms with Crippen LogP contribution in [-0.4, -0.2) is 12.7 Å². The maximum Gasteiger partial charge on any atom is 0.0243 e. The van der Waals surface area contributed by atoms with Crippen molar-refractivity contribution in [1.29, 1.82) is 0 Å². The van der Waals surface area contributed by atoms with E-state index < -0.39 is 0 Å². The first-order valence-electron chi connectivity index (χ1n) is 2.33. The molecule has 0 amide bonds. The molecule has 1 aliphatic heterocycles. The van der Waals surface area contributed by atoms with Crippen LogP contribution in [0.3, 0.4) is 0 Å². The zero-order valence-corrected chi connectivity index (χ0v) is 14.2. The number of hydrogen-bond acceptors (Lipinski definition) is 1. The first kappa shape index (κ1) is 18.1. The van der Waals surface area contributed by atoms with Crippen molar-refractivity contribution in [2.75, 3.05) is 6.61 Å². The normalized spacial score (nSPS) is 23.0. The minimum absolute atomic E-state index is 0. The third-order valence-corrected chi connectivity index (χ3v) is 0.997. The Hall–Kier alpha value is 3.27. The van der Waals surface area contributed by atoms with Crippen LogP contribution in [0.4, 0.5) is 0 Å². The fraction of sp³-hybridized carbons (Fsp3) is 0.800. The molecule has 0 aromatic rings. The molecule has 1 unspecified atom stereocenters. The molecule has 0 aromatic heterocycles. The summed E-state index contributed by atoms with van der Waals surface area (Å²) in [4.78, 5) is 0. The summed E-state index contributed by atoms with van der Waals surface area (Å²) in [5.74, 6) is 0. The van der Waals surface area contributed by atoms with Gasteiger partial charge in [-0.2, -0.15) is 6.42 Å². The van der Waals surface area contributed by atoms with Crippen molar-refractivity contribution >= 4 is 0 Å². The number of ether oxygens (including phenoxy) is 1. The molecule has 1 saturated heterocycles. The molecule has 9 heavy (non-hydrogen) atoms. The molecule has 1 heterocycles. The van der Waals surface area contributed by atoms with Crippen LogP contribution in [0.2, 0.25) is 0 Å². The third kappa shape index (κ3) is 9.18. The Morgan fingerprint density at radius 1 is 1.33 bits per heavy atom. The van der Waals surface area contributed by atoms with Crippen LogP contribution in [0.15, 0.2) is 0 Å². The first-order chi connectivity index (χ1) is 2.89. The average Bonchev–Trinajstić information content (AvgIpc) is 1.86. The maximum absolute atomic E-state index is 5.10. The zero-order valence-electron chi connectivity index (χ0n) is 5.71. The Labute approximate surface area is 132 Å². The van der Waals surface area contributed by atoms with Crippen LogP contribution >= 0.6 is 0 Å². The molecule has 0 N–H and O–H groups in total. The summed E-state index contributed by atoms with van der Waals surface area (Å²) in [5, 5.41) is 0. The van der Waals surface area contributed by atoms with E-state index in [1.807, 2.05) is 0 Å². The predicted octanol–water partition coefficient (Wildman–Crippen LogP) is 0.992. The van der Waals surface area contributed by atoms with Gasteiger partial charge in [0.15, 0.2) is 0 Å². The minimum atomic E-state index is 0. The quantitative estimate of drug-likeness (QED) is 0.592. The summed E-state index contributed by atoms with van der Waals surface area (Å²) >= 11 is 0. The summed E-state index contributed by atoms with van der Waals surface area (Å²) in [5.41, 5.74) is 0. The minimum Gasteiger partial charge on any atom is -0.413 e. The van der Waals surface area contributed by atoms with Crippen molar-refractivity contribution in [1.82, 2.24) is 0 Å². The van der Waals surface area contributed by atoms with Gasteiger partial charge in [-0.25, -0.2) is 0 Å². The number of rotatable bonds is 0. The monoisotopic (exact) mass is 352 g/mol. The molecule has 1 nitrogen and oxygen atoms in total. The maximum atomic E-state index is 5.10. The Kier molecular flexibility index (Phi) is 22.7. The van der Waals surface area contributed by atoms with E-state index >= 15 is 0 Å². The van der Waals surface area contributed by atoms with Crippen molar-refractivity contribution in [2.24, 2.45) is 0 Å². The molecular formula is C5H9OY3-. The van der Waals surface area contributed by atoms with Gasteiger partial charge in [-0.15, -0.1) is 0 Å². The van der Waals surface area contributed by atoms with E-state index in [2.05, 4.69) is 13.3 Å². The molecule has 0 aromatic carbocycles. The van der Waals surface area contributed by atoms with Crippen LogP contribution in [0, 0.1) is 6.42 Å². The Morgan fingerprint density at radius 2 is 1.89 bits per heavy atom. The van der Waals surface area contributed by atoms with Crippen molar-refractivity contribution in [3.63, 3.8) is 0 Å². The Balaban J connectivity index is -0.000000120. The molecule has 45 valence electrons. The molecular weight excluding hydrogens is 343 g/mol. The Bertz CT molecular complexity index is 45.5. The predicted molar refractivity (Wildman–Crippen MR) is 24.3 cm³/mol. The summed E-state index contributed by atoms with van der Waals surface area (Å²) in [6.07, 6.45) is 3.79. The standard InChI is InChI=1S/C5H9O.3Y/c1-5-3-2-4-6-5;;;/h2,5H,3-4H2,1H3;;;/q-1;;;. The molecule has 3 radical (unpaired) electrons. The van der Waals surface area contributed by atoms with Gasteiger partial charge in [0.2, 0.25) is 0 Å². The van der Waals surface area contributed by atoms with Gasteiger partial charge in [0.1, 0.15) is 0 Å². The van der Waals surface area contributed by atoms with Crippen LogP contribution in [0.25, 0.3) is 0 Å². The molecule has 1 fully saturated rings. The molecule has 1 aliphatic rings. The van der Waals surface area contributed by atoms with E-state index in [0.717, 1.165) is 13.0 Å². The molecule has 0 aliphatic carbocycles. The van der Waals surface area contributed by atoms with Crippen molar-refractivity contribution in [2.45, 2.75) is 19.4 Å². The van der Waals surface area contributed by atoms with Crippen molar-refractivity contribution < 1.29 is 103 Å². The first-order valence-corrected chi connectivity index (χ1v) is 2.33. The second kappa shape index (κ2) is 11.3. The van der Waals surface area contributed by atoms with Crippen LogP contribution in [-0.2, 0) is 103 Å². The smallest absolute Gasteiger partial charge is 0.0243 e. The van der Waals surface area contributed by atoms with E-state index in [0.29, 0.717) is 6.10 Å². The fourth-order valence-electron chi connectivity index (χ4n) is 0.603. The molecule has 4 heteroatoms. The van der Waals surface area contributed by atoms with E-state index in [1.165, 1.54) is 0 Å². The van der Waals surface area contributed by atoms with E-state index in [4.69, 9.17) is 4.74 Å². The second-order valence-corrected chi connectivity index (χ2v) is 1.67. The topological polar surface area (TPSA) is 9.23 Å². The third-order valence-electron chi connectivity index (χ3n) is 0.997. The summed E-state index contributed by atoms with van der Waals surface area (Å²) < 4.78 is 5.10. The van der Waals surface area contributed by atoms with Crippen molar-refractivity contribution in [3.8, 4) is 0 Å². The van der Waals surface area contributed by atoms with Gasteiger partial charge in [0.05, 0.1) is 0 Å². The second-order valence-electron chi connectivity index (χ2n) is 1.67. The van der Waals surface area contributed by atoms with Crippen molar-refractivity contribution in [3.05, 3.63) is 6.42 Å². The molecule has 1 rings (SSSR count). The Morgan fingerprint density at radius 3 is 2.00 bits per heavy atom. The molecule has 1 atom stereocenters. The summed E-state index contributed by atoms with van der Waals surface area (Å²) in [6.45, 7) is 2.95. The van der Waals surface area contributed by atoms with Gasteiger partial charge >= 0.3 is 0 Å². The van der Waals surface area contributed by atoms with Crippen LogP contribution in [0.1, 0.15) is 13.3 Å². The molecule has 0 spiro atoms. The van der Waals surface area contributed by atoms with Gasteiger partial charge < -0.3 is 11.2 Å². The zero-order chi connectivity index (χ0) is 4.41. The van der Waals surface area contributed by atoms with Gasteiger partial charge in [-0.3, -0.25) is 0 Å².